The Morgan fingerprint density at radius 1 is 1.06 bits per heavy atom. The normalized spacial score (nSPS) is 10.7. The molecule has 1 heterocycles. The van der Waals surface area contributed by atoms with E-state index in [1.807, 2.05) is 13.0 Å². The highest BCUT2D eigenvalue weighted by atomic mass is 16.3. The molecule has 0 bridgehead atoms. The molecule has 0 aliphatic rings. The van der Waals surface area contributed by atoms with Gasteiger partial charge in [0.25, 0.3) is 0 Å². The Kier molecular flexibility index (Phi) is 3.72. The summed E-state index contributed by atoms with van der Waals surface area (Å²) in [6.45, 7) is 6.19. The maximum Gasteiger partial charge on any atom is 0.131 e. The summed E-state index contributed by atoms with van der Waals surface area (Å²) in [4.78, 5) is 8.85. The summed E-state index contributed by atoms with van der Waals surface area (Å²) in [5, 5.41) is 8.99. The number of hydrogen-bond donors (Lipinski definition) is 1. The Labute approximate surface area is 108 Å². The minimum absolute atomic E-state index is 0.0791. The summed E-state index contributed by atoms with van der Waals surface area (Å²) in [6, 6.07) is 8.33. The first-order valence-corrected chi connectivity index (χ1v) is 6.13. The van der Waals surface area contributed by atoms with Crippen LogP contribution in [0.2, 0.25) is 0 Å². The fourth-order valence-electron chi connectivity index (χ4n) is 1.99. The summed E-state index contributed by atoms with van der Waals surface area (Å²) >= 11 is 0. The summed E-state index contributed by atoms with van der Waals surface area (Å²) in [5.74, 6) is 0.702. The van der Waals surface area contributed by atoms with Crippen molar-refractivity contribution in [3.8, 4) is 11.3 Å². The van der Waals surface area contributed by atoms with Gasteiger partial charge >= 0.3 is 0 Å². The lowest BCUT2D eigenvalue weighted by atomic mass is 10.0. The van der Waals surface area contributed by atoms with E-state index in [1.54, 1.807) is 0 Å². The minimum atomic E-state index is 0.0791. The number of aliphatic hydroxyl groups is 1. The van der Waals surface area contributed by atoms with Gasteiger partial charge in [0.15, 0.2) is 0 Å². The highest BCUT2D eigenvalue weighted by Crippen LogP contribution is 2.23. The van der Waals surface area contributed by atoms with Crippen molar-refractivity contribution in [3.05, 3.63) is 46.9 Å². The van der Waals surface area contributed by atoms with Crippen LogP contribution >= 0.6 is 0 Å². The van der Waals surface area contributed by atoms with Crippen LogP contribution in [0.5, 0.6) is 0 Å². The summed E-state index contributed by atoms with van der Waals surface area (Å²) < 4.78 is 0. The van der Waals surface area contributed by atoms with E-state index in [0.717, 1.165) is 17.0 Å². The van der Waals surface area contributed by atoms with E-state index in [-0.39, 0.29) is 6.61 Å². The number of hydrogen-bond acceptors (Lipinski definition) is 3. The van der Waals surface area contributed by atoms with Crippen molar-refractivity contribution in [3.63, 3.8) is 0 Å². The van der Waals surface area contributed by atoms with Crippen molar-refractivity contribution < 1.29 is 5.11 Å². The number of aromatic nitrogens is 2. The molecule has 0 saturated carbocycles. The number of aliphatic hydroxyl groups excluding tert-OH is 1. The maximum atomic E-state index is 8.99. The van der Waals surface area contributed by atoms with Crippen LogP contribution < -0.4 is 0 Å². The van der Waals surface area contributed by atoms with Gasteiger partial charge in [-0.05, 0) is 38.5 Å². The molecule has 18 heavy (non-hydrogen) atoms. The molecule has 0 spiro atoms. The molecule has 2 rings (SSSR count). The fourth-order valence-corrected chi connectivity index (χ4v) is 1.99. The third kappa shape index (κ3) is 2.74. The molecule has 0 aliphatic heterocycles. The topological polar surface area (TPSA) is 46.0 Å². The highest BCUT2D eigenvalue weighted by molar-refractivity contribution is 5.64. The molecule has 2 aromatic rings. The average molecular weight is 242 g/mol. The van der Waals surface area contributed by atoms with Gasteiger partial charge in [-0.15, -0.1) is 0 Å². The van der Waals surface area contributed by atoms with E-state index in [4.69, 9.17) is 5.11 Å². The van der Waals surface area contributed by atoms with Crippen LogP contribution in [0.1, 0.15) is 22.6 Å². The Morgan fingerprint density at radius 3 is 2.56 bits per heavy atom. The zero-order valence-electron chi connectivity index (χ0n) is 11.1. The van der Waals surface area contributed by atoms with Crippen LogP contribution in [0.25, 0.3) is 11.3 Å². The van der Waals surface area contributed by atoms with Crippen LogP contribution in [0.4, 0.5) is 0 Å². The van der Waals surface area contributed by atoms with Gasteiger partial charge < -0.3 is 5.11 Å². The third-order valence-corrected chi connectivity index (χ3v) is 2.90. The number of aryl methyl sites for hydroxylation is 3. The zero-order valence-corrected chi connectivity index (χ0v) is 11.1. The van der Waals surface area contributed by atoms with Gasteiger partial charge in [0.2, 0.25) is 0 Å². The van der Waals surface area contributed by atoms with Crippen molar-refractivity contribution in [1.29, 1.82) is 0 Å². The number of benzene rings is 1. The van der Waals surface area contributed by atoms with Crippen molar-refractivity contribution in [1.82, 2.24) is 9.97 Å². The van der Waals surface area contributed by atoms with E-state index < -0.39 is 0 Å². The second-order valence-electron chi connectivity index (χ2n) is 4.60. The molecular weight excluding hydrogens is 224 g/mol. The fraction of sp³-hybridized carbons (Fsp3) is 0.333. The average Bonchev–Trinajstić information content (AvgIpc) is 2.32. The first kappa shape index (κ1) is 12.7. The van der Waals surface area contributed by atoms with Crippen LogP contribution in [0.3, 0.4) is 0 Å². The van der Waals surface area contributed by atoms with Crippen molar-refractivity contribution >= 4 is 0 Å². The van der Waals surface area contributed by atoms with Crippen LogP contribution in [-0.2, 0) is 6.42 Å². The molecule has 0 amide bonds. The molecule has 0 saturated heterocycles. The van der Waals surface area contributed by atoms with Crippen molar-refractivity contribution in [2.75, 3.05) is 6.61 Å². The molecule has 1 N–H and O–H groups in total. The lowest BCUT2D eigenvalue weighted by Gasteiger charge is -2.09. The van der Waals surface area contributed by atoms with Crippen LogP contribution in [-0.4, -0.2) is 21.7 Å². The molecule has 0 aliphatic carbocycles. The predicted octanol–water partition coefficient (Wildman–Crippen LogP) is 2.60. The largest absolute Gasteiger partial charge is 0.396 e. The molecule has 94 valence electrons. The molecule has 3 nitrogen and oxygen atoms in total. The van der Waals surface area contributed by atoms with Crippen molar-refractivity contribution in [2.24, 2.45) is 0 Å². The van der Waals surface area contributed by atoms with E-state index in [2.05, 4.69) is 42.0 Å². The standard InChI is InChI=1S/C15H18N2O/c1-10-4-5-11(2)13(8-10)14-9-12(3)16-15(17-14)6-7-18/h4-5,8-9,18H,6-7H2,1-3H3. The minimum Gasteiger partial charge on any atom is -0.396 e. The molecule has 0 unspecified atom stereocenters. The van der Waals surface area contributed by atoms with E-state index >= 15 is 0 Å². The lowest BCUT2D eigenvalue weighted by molar-refractivity contribution is 0.296. The van der Waals surface area contributed by atoms with Crippen molar-refractivity contribution in [2.45, 2.75) is 27.2 Å². The highest BCUT2D eigenvalue weighted by Gasteiger charge is 2.07. The Balaban J connectivity index is 2.52. The predicted molar refractivity (Wildman–Crippen MR) is 72.5 cm³/mol. The summed E-state index contributed by atoms with van der Waals surface area (Å²) in [5.41, 5.74) is 5.43. The maximum absolute atomic E-state index is 8.99. The Morgan fingerprint density at radius 2 is 1.83 bits per heavy atom. The Hall–Kier alpha value is -1.74. The molecule has 1 aromatic carbocycles. The molecule has 0 fully saturated rings. The third-order valence-electron chi connectivity index (χ3n) is 2.90. The van der Waals surface area contributed by atoms with Gasteiger partial charge in [0.1, 0.15) is 5.82 Å². The second-order valence-corrected chi connectivity index (χ2v) is 4.60. The quantitative estimate of drug-likeness (QED) is 0.900. The van der Waals surface area contributed by atoms with E-state index in [9.17, 15) is 0 Å². The Bertz CT molecular complexity index is 564. The van der Waals surface area contributed by atoms with Gasteiger partial charge in [-0.1, -0.05) is 17.7 Å². The van der Waals surface area contributed by atoms with E-state index in [0.29, 0.717) is 12.2 Å². The molecule has 1 aromatic heterocycles. The molecule has 3 heteroatoms. The zero-order chi connectivity index (χ0) is 13.1. The SMILES string of the molecule is Cc1ccc(C)c(-c2cc(C)nc(CCO)n2)c1. The first-order chi connectivity index (χ1) is 8.60. The van der Waals surface area contributed by atoms with Gasteiger partial charge in [0.05, 0.1) is 12.3 Å². The smallest absolute Gasteiger partial charge is 0.131 e. The summed E-state index contributed by atoms with van der Waals surface area (Å²) in [6.07, 6.45) is 0.500. The van der Waals surface area contributed by atoms with Crippen LogP contribution in [0, 0.1) is 20.8 Å². The molecular formula is C15H18N2O. The van der Waals surface area contributed by atoms with Crippen LogP contribution in [0.15, 0.2) is 24.3 Å². The monoisotopic (exact) mass is 242 g/mol. The second kappa shape index (κ2) is 5.27. The summed E-state index contributed by atoms with van der Waals surface area (Å²) in [7, 11) is 0. The molecule has 0 radical (unpaired) electrons. The number of rotatable bonds is 3. The molecule has 0 atom stereocenters. The van der Waals surface area contributed by atoms with Gasteiger partial charge in [0, 0.05) is 17.7 Å². The van der Waals surface area contributed by atoms with Gasteiger partial charge in [-0.2, -0.15) is 0 Å². The number of nitrogens with zero attached hydrogens (tertiary/aromatic N) is 2. The van der Waals surface area contributed by atoms with Gasteiger partial charge in [-0.3, -0.25) is 0 Å². The van der Waals surface area contributed by atoms with Gasteiger partial charge in [-0.25, -0.2) is 9.97 Å². The first-order valence-electron chi connectivity index (χ1n) is 6.13. The lowest BCUT2D eigenvalue weighted by Crippen LogP contribution is -2.02. The van der Waals surface area contributed by atoms with E-state index in [1.165, 1.54) is 11.1 Å².